The molecule has 3 atom stereocenters. The Kier molecular flexibility index (Phi) is 5.57. The predicted molar refractivity (Wildman–Crippen MR) is 98.5 cm³/mol. The van der Waals surface area contributed by atoms with Crippen molar-refractivity contribution in [3.8, 4) is 5.88 Å². The molecule has 1 aliphatic carbocycles. The van der Waals surface area contributed by atoms with E-state index in [0.717, 1.165) is 51.6 Å². The Morgan fingerprint density at radius 2 is 2.07 bits per heavy atom. The number of carbonyl (C=O) groups excluding carboxylic acids is 2. The van der Waals surface area contributed by atoms with Gasteiger partial charge in [0.2, 0.25) is 11.8 Å². The van der Waals surface area contributed by atoms with Crippen molar-refractivity contribution in [3.05, 3.63) is 23.9 Å². The second kappa shape index (κ2) is 8.25. The summed E-state index contributed by atoms with van der Waals surface area (Å²) in [5.41, 5.74) is 0.535. The largest absolute Gasteiger partial charge is 0.472 e. The molecular weight excluding hydrogens is 346 g/mol. The number of rotatable bonds is 5. The monoisotopic (exact) mass is 373 g/mol. The molecule has 27 heavy (non-hydrogen) atoms. The molecule has 0 spiro atoms. The third-order valence-corrected chi connectivity index (χ3v) is 5.71. The van der Waals surface area contributed by atoms with Gasteiger partial charge in [0.15, 0.2) is 0 Å². The summed E-state index contributed by atoms with van der Waals surface area (Å²) in [6.07, 6.45) is 7.09. The van der Waals surface area contributed by atoms with Gasteiger partial charge in [-0.25, -0.2) is 4.98 Å². The van der Waals surface area contributed by atoms with Crippen LogP contribution in [0.15, 0.2) is 18.3 Å². The van der Waals surface area contributed by atoms with Crippen LogP contribution in [0.2, 0.25) is 0 Å². The van der Waals surface area contributed by atoms with E-state index in [9.17, 15) is 9.59 Å². The van der Waals surface area contributed by atoms with Crippen LogP contribution < -0.4 is 10.1 Å². The zero-order valence-corrected chi connectivity index (χ0v) is 15.6. The van der Waals surface area contributed by atoms with E-state index < -0.39 is 0 Å². The van der Waals surface area contributed by atoms with Gasteiger partial charge >= 0.3 is 0 Å². The van der Waals surface area contributed by atoms with Gasteiger partial charge in [-0.15, -0.1) is 0 Å². The summed E-state index contributed by atoms with van der Waals surface area (Å²) in [4.78, 5) is 31.3. The lowest BCUT2D eigenvalue weighted by atomic mass is 10.1. The molecule has 2 aliphatic heterocycles. The first-order valence-corrected chi connectivity index (χ1v) is 9.99. The number of hydrogen-bond acceptors (Lipinski definition) is 5. The highest BCUT2D eigenvalue weighted by Crippen LogP contribution is 2.29. The molecule has 2 saturated heterocycles. The lowest BCUT2D eigenvalue weighted by Crippen LogP contribution is -2.36. The number of aromatic nitrogens is 1. The van der Waals surface area contributed by atoms with Crippen molar-refractivity contribution in [2.24, 2.45) is 5.92 Å². The number of nitrogens with one attached hydrogen (secondary N) is 1. The molecular formula is C20H27N3O4. The topological polar surface area (TPSA) is 80.8 Å². The van der Waals surface area contributed by atoms with E-state index in [4.69, 9.17) is 9.47 Å². The quantitative estimate of drug-likeness (QED) is 0.851. The fraction of sp³-hybridized carbons (Fsp3) is 0.650. The maximum Gasteiger partial charge on any atom is 0.251 e. The normalized spacial score (nSPS) is 27.7. The van der Waals surface area contributed by atoms with Gasteiger partial charge in [0.25, 0.3) is 5.91 Å². The first-order chi connectivity index (χ1) is 13.2. The van der Waals surface area contributed by atoms with Crippen molar-refractivity contribution in [3.63, 3.8) is 0 Å². The highest BCUT2D eigenvalue weighted by molar-refractivity contribution is 5.94. The number of likely N-dealkylation sites (tertiary alicyclic amines) is 1. The van der Waals surface area contributed by atoms with Crippen molar-refractivity contribution >= 4 is 11.8 Å². The molecule has 1 N–H and O–H groups in total. The van der Waals surface area contributed by atoms with E-state index in [2.05, 4.69) is 10.3 Å². The van der Waals surface area contributed by atoms with Crippen LogP contribution in [0.3, 0.4) is 0 Å². The Morgan fingerprint density at radius 3 is 2.85 bits per heavy atom. The lowest BCUT2D eigenvalue weighted by Gasteiger charge is -2.20. The molecule has 2 amide bonds. The zero-order chi connectivity index (χ0) is 18.6. The molecule has 1 unspecified atom stereocenters. The van der Waals surface area contributed by atoms with Crippen molar-refractivity contribution in [2.75, 3.05) is 26.3 Å². The Hall–Kier alpha value is -2.15. The molecule has 0 bridgehead atoms. The fourth-order valence-electron chi connectivity index (χ4n) is 4.19. The molecule has 3 fully saturated rings. The summed E-state index contributed by atoms with van der Waals surface area (Å²) < 4.78 is 11.1. The third kappa shape index (κ3) is 4.40. The van der Waals surface area contributed by atoms with Crippen LogP contribution in [0.4, 0.5) is 0 Å². The zero-order valence-electron chi connectivity index (χ0n) is 15.6. The summed E-state index contributed by atoms with van der Waals surface area (Å²) in [5.74, 6) is 0.630. The molecule has 1 aromatic rings. The van der Waals surface area contributed by atoms with Gasteiger partial charge in [-0.1, -0.05) is 0 Å². The number of carbonyl (C=O) groups is 2. The lowest BCUT2D eigenvalue weighted by molar-refractivity contribution is -0.134. The van der Waals surface area contributed by atoms with Crippen LogP contribution in [-0.2, 0) is 9.53 Å². The van der Waals surface area contributed by atoms with Gasteiger partial charge in [0, 0.05) is 49.3 Å². The first-order valence-electron chi connectivity index (χ1n) is 9.99. The van der Waals surface area contributed by atoms with Crippen molar-refractivity contribution in [1.82, 2.24) is 15.2 Å². The second-order valence-electron chi connectivity index (χ2n) is 7.70. The molecule has 7 heteroatoms. The van der Waals surface area contributed by atoms with Crippen molar-refractivity contribution in [2.45, 2.75) is 50.7 Å². The molecule has 1 aromatic heterocycles. The number of amides is 2. The second-order valence-corrected chi connectivity index (χ2v) is 7.70. The molecule has 0 aromatic carbocycles. The Morgan fingerprint density at radius 1 is 1.22 bits per heavy atom. The number of hydrogen-bond donors (Lipinski definition) is 1. The summed E-state index contributed by atoms with van der Waals surface area (Å²) >= 11 is 0. The van der Waals surface area contributed by atoms with E-state index in [1.165, 1.54) is 0 Å². The van der Waals surface area contributed by atoms with Gasteiger partial charge < -0.3 is 19.7 Å². The molecule has 146 valence electrons. The van der Waals surface area contributed by atoms with Gasteiger partial charge in [0.1, 0.15) is 6.10 Å². The highest BCUT2D eigenvalue weighted by Gasteiger charge is 2.34. The van der Waals surface area contributed by atoms with Crippen molar-refractivity contribution < 1.29 is 19.1 Å². The molecule has 3 aliphatic rings. The number of pyridine rings is 1. The fourth-order valence-corrected chi connectivity index (χ4v) is 4.19. The van der Waals surface area contributed by atoms with E-state index in [-0.39, 0.29) is 29.9 Å². The average molecular weight is 373 g/mol. The Labute approximate surface area is 159 Å². The summed E-state index contributed by atoms with van der Waals surface area (Å²) in [7, 11) is 0. The van der Waals surface area contributed by atoms with E-state index in [1.807, 2.05) is 4.90 Å². The van der Waals surface area contributed by atoms with E-state index >= 15 is 0 Å². The van der Waals surface area contributed by atoms with Crippen LogP contribution in [0, 0.1) is 5.92 Å². The maximum absolute atomic E-state index is 12.6. The number of nitrogens with zero attached hydrogens (tertiary/aromatic N) is 2. The molecule has 1 saturated carbocycles. The van der Waals surface area contributed by atoms with Gasteiger partial charge in [0.05, 0.1) is 13.2 Å². The highest BCUT2D eigenvalue weighted by atomic mass is 16.5. The van der Waals surface area contributed by atoms with Gasteiger partial charge in [-0.05, 0) is 38.2 Å². The SMILES string of the molecule is O=C(N[C@H]1CC[C@@H](C(=O)N2CCCC2)C1)c1ccnc(OC2CCOC2)c1. The summed E-state index contributed by atoms with van der Waals surface area (Å²) in [6, 6.07) is 3.42. The molecule has 3 heterocycles. The van der Waals surface area contributed by atoms with Crippen molar-refractivity contribution in [1.29, 1.82) is 0 Å². The van der Waals surface area contributed by atoms with Gasteiger partial charge in [-0.2, -0.15) is 0 Å². The minimum Gasteiger partial charge on any atom is -0.472 e. The van der Waals surface area contributed by atoms with Gasteiger partial charge in [-0.3, -0.25) is 9.59 Å². The third-order valence-electron chi connectivity index (χ3n) is 5.71. The minimum atomic E-state index is -0.135. The van der Waals surface area contributed by atoms with Crippen LogP contribution in [0.1, 0.15) is 48.9 Å². The van der Waals surface area contributed by atoms with E-state index in [1.54, 1.807) is 18.3 Å². The van der Waals surface area contributed by atoms with E-state index in [0.29, 0.717) is 24.7 Å². The summed E-state index contributed by atoms with van der Waals surface area (Å²) in [6.45, 7) is 3.03. The van der Waals surface area contributed by atoms with Crippen LogP contribution >= 0.6 is 0 Å². The Balaban J connectivity index is 1.30. The predicted octanol–water partition coefficient (Wildman–Crippen LogP) is 1.77. The van der Waals surface area contributed by atoms with Crippen LogP contribution in [0.5, 0.6) is 5.88 Å². The first kappa shape index (κ1) is 18.2. The molecule has 7 nitrogen and oxygen atoms in total. The Bertz CT molecular complexity index is 684. The average Bonchev–Trinajstić information content (AvgIpc) is 3.44. The van der Waals surface area contributed by atoms with Crippen LogP contribution in [-0.4, -0.2) is 60.1 Å². The standard InChI is InChI=1S/C20H27N3O4/c24-19(14-5-7-21-18(12-14)27-17-6-10-26-13-17)22-16-4-3-15(11-16)20(25)23-8-1-2-9-23/h5,7,12,15-17H,1-4,6,8-11,13H2,(H,22,24)/t15-,16+,17?/m1/s1. The maximum atomic E-state index is 12.6. The molecule has 4 rings (SSSR count). The smallest absolute Gasteiger partial charge is 0.251 e. The molecule has 0 radical (unpaired) electrons. The van der Waals surface area contributed by atoms with Crippen LogP contribution in [0.25, 0.3) is 0 Å². The minimum absolute atomic E-state index is 0.00278. The summed E-state index contributed by atoms with van der Waals surface area (Å²) in [5, 5.41) is 3.07. The number of ether oxygens (including phenoxy) is 2.